The molecule has 0 amide bonds. The average molecular weight is 777 g/mol. The second-order valence-corrected chi connectivity index (χ2v) is 16.6. The van der Waals surface area contributed by atoms with E-state index in [2.05, 4.69) is 228 Å². The zero-order chi connectivity index (χ0) is 38.4. The third kappa shape index (κ3) is 6.02. The van der Waals surface area contributed by atoms with Gasteiger partial charge in [0.1, 0.15) is 0 Å². The predicted octanol–water partition coefficient (Wildman–Crippen LogP) is 16.7. The van der Waals surface area contributed by atoms with E-state index in [0.29, 0.717) is 0 Å². The molecule has 0 radical (unpaired) electrons. The van der Waals surface area contributed by atoms with Crippen LogP contribution in [0, 0.1) is 0 Å². The highest BCUT2D eigenvalue weighted by Crippen LogP contribution is 2.49. The molecule has 0 aliphatic carbocycles. The van der Waals surface area contributed by atoms with E-state index < -0.39 is 0 Å². The zero-order valence-electron chi connectivity index (χ0n) is 31.5. The molecule has 11 aromatic rings. The summed E-state index contributed by atoms with van der Waals surface area (Å²) in [5, 5.41) is 5.10. The fraction of sp³-hybridized carbons (Fsp3) is 0. The molecule has 11 rings (SSSR count). The third-order valence-electron chi connectivity index (χ3n) is 11.0. The first-order valence-corrected chi connectivity index (χ1v) is 21.2. The predicted molar refractivity (Wildman–Crippen MR) is 252 cm³/mol. The molecule has 0 N–H and O–H groups in total. The van der Waals surface area contributed by atoms with Crippen molar-refractivity contribution >= 4 is 97.1 Å². The molecular formula is C54H36N2S2. The van der Waals surface area contributed by atoms with Gasteiger partial charge in [-0.05, 0) is 108 Å². The molecule has 0 bridgehead atoms. The summed E-state index contributed by atoms with van der Waals surface area (Å²) in [7, 11) is 0. The zero-order valence-corrected chi connectivity index (χ0v) is 33.1. The minimum Gasteiger partial charge on any atom is -0.310 e. The van der Waals surface area contributed by atoms with Crippen LogP contribution in [0.1, 0.15) is 0 Å². The van der Waals surface area contributed by atoms with Gasteiger partial charge < -0.3 is 9.80 Å². The Balaban J connectivity index is 1.14. The third-order valence-corrected chi connectivity index (χ3v) is 13.4. The van der Waals surface area contributed by atoms with Crippen LogP contribution in [0.5, 0.6) is 0 Å². The van der Waals surface area contributed by atoms with Gasteiger partial charge in [-0.15, -0.1) is 22.7 Å². The summed E-state index contributed by atoms with van der Waals surface area (Å²) in [5.41, 5.74) is 11.6. The van der Waals surface area contributed by atoms with E-state index in [9.17, 15) is 0 Å². The quantitative estimate of drug-likeness (QED) is 0.152. The van der Waals surface area contributed by atoms with Crippen LogP contribution in [-0.2, 0) is 0 Å². The average Bonchev–Trinajstić information content (AvgIpc) is 3.87. The molecule has 0 saturated carbocycles. The summed E-state index contributed by atoms with van der Waals surface area (Å²) in [6.45, 7) is 0. The van der Waals surface area contributed by atoms with Gasteiger partial charge in [-0.2, -0.15) is 0 Å². The Bertz CT molecular complexity index is 3150. The first-order valence-electron chi connectivity index (χ1n) is 19.6. The van der Waals surface area contributed by atoms with Crippen molar-refractivity contribution in [3.63, 3.8) is 0 Å². The summed E-state index contributed by atoms with van der Waals surface area (Å²) in [5.74, 6) is 0. The summed E-state index contributed by atoms with van der Waals surface area (Å²) < 4.78 is 5.15. The van der Waals surface area contributed by atoms with Crippen LogP contribution in [0.3, 0.4) is 0 Å². The maximum Gasteiger partial charge on any atom is 0.0646 e. The molecule has 58 heavy (non-hydrogen) atoms. The van der Waals surface area contributed by atoms with Gasteiger partial charge in [0.15, 0.2) is 0 Å². The lowest BCUT2D eigenvalue weighted by Crippen LogP contribution is -2.10. The highest BCUT2D eigenvalue weighted by Gasteiger charge is 2.22. The minimum atomic E-state index is 1.12. The highest BCUT2D eigenvalue weighted by molar-refractivity contribution is 7.26. The fourth-order valence-corrected chi connectivity index (χ4v) is 10.8. The molecule has 0 fully saturated rings. The first-order chi connectivity index (χ1) is 28.8. The van der Waals surface area contributed by atoms with Gasteiger partial charge in [-0.1, -0.05) is 127 Å². The van der Waals surface area contributed by atoms with E-state index in [0.717, 1.165) is 28.4 Å². The van der Waals surface area contributed by atoms with Crippen LogP contribution in [0.25, 0.3) is 62.6 Å². The monoisotopic (exact) mass is 776 g/mol. The molecule has 274 valence electrons. The van der Waals surface area contributed by atoms with Crippen molar-refractivity contribution < 1.29 is 0 Å². The Labute approximate surface area is 345 Å². The molecule has 0 unspecified atom stereocenters. The summed E-state index contributed by atoms with van der Waals surface area (Å²) in [6.07, 6.45) is 0. The Hall–Kier alpha value is -6.98. The number of thiophene rings is 2. The van der Waals surface area contributed by atoms with Gasteiger partial charge >= 0.3 is 0 Å². The number of hydrogen-bond donors (Lipinski definition) is 0. The number of fused-ring (bicyclic) bond motifs is 6. The summed E-state index contributed by atoms with van der Waals surface area (Å²) >= 11 is 3.75. The molecule has 0 aliphatic heterocycles. The van der Waals surface area contributed by atoms with Crippen LogP contribution in [0.4, 0.5) is 34.1 Å². The molecule has 9 aromatic carbocycles. The normalized spacial score (nSPS) is 11.4. The smallest absolute Gasteiger partial charge is 0.0646 e. The Morgan fingerprint density at radius 3 is 1.31 bits per heavy atom. The largest absolute Gasteiger partial charge is 0.310 e. The van der Waals surface area contributed by atoms with Crippen molar-refractivity contribution in [3.05, 3.63) is 218 Å². The molecule has 0 aliphatic rings. The van der Waals surface area contributed by atoms with Crippen LogP contribution in [0.15, 0.2) is 218 Å². The van der Waals surface area contributed by atoms with Crippen molar-refractivity contribution in [2.45, 2.75) is 0 Å². The molecule has 2 nitrogen and oxygen atoms in total. The molecule has 4 heteroatoms. The van der Waals surface area contributed by atoms with Gasteiger partial charge in [0.05, 0.1) is 10.4 Å². The van der Waals surface area contributed by atoms with Crippen molar-refractivity contribution in [2.75, 3.05) is 9.80 Å². The van der Waals surface area contributed by atoms with Gasteiger partial charge in [-0.25, -0.2) is 0 Å². The van der Waals surface area contributed by atoms with E-state index in [4.69, 9.17) is 0 Å². The van der Waals surface area contributed by atoms with Crippen molar-refractivity contribution in [1.29, 1.82) is 0 Å². The number of para-hydroxylation sites is 4. The van der Waals surface area contributed by atoms with Crippen LogP contribution in [0.2, 0.25) is 0 Å². The topological polar surface area (TPSA) is 6.48 Å². The highest BCUT2D eigenvalue weighted by atomic mass is 32.1. The number of anilines is 6. The number of rotatable bonds is 8. The van der Waals surface area contributed by atoms with E-state index >= 15 is 0 Å². The molecule has 0 spiro atoms. The molecule has 2 aromatic heterocycles. The minimum absolute atomic E-state index is 1.12. The summed E-state index contributed by atoms with van der Waals surface area (Å²) in [6, 6.07) is 79.3. The fourth-order valence-electron chi connectivity index (χ4n) is 8.35. The van der Waals surface area contributed by atoms with Gasteiger partial charge in [0.25, 0.3) is 0 Å². The Morgan fingerprint density at radius 1 is 0.276 bits per heavy atom. The molecular weight excluding hydrogens is 741 g/mol. The van der Waals surface area contributed by atoms with Crippen LogP contribution < -0.4 is 9.80 Å². The van der Waals surface area contributed by atoms with E-state index in [1.54, 1.807) is 0 Å². The van der Waals surface area contributed by atoms with E-state index in [1.165, 1.54) is 68.3 Å². The maximum absolute atomic E-state index is 2.41. The van der Waals surface area contributed by atoms with Gasteiger partial charge in [0.2, 0.25) is 0 Å². The second kappa shape index (κ2) is 14.5. The van der Waals surface area contributed by atoms with Crippen molar-refractivity contribution in [2.24, 2.45) is 0 Å². The lowest BCUT2D eigenvalue weighted by Gasteiger charge is -2.27. The van der Waals surface area contributed by atoms with Crippen LogP contribution in [-0.4, -0.2) is 0 Å². The number of nitrogens with zero attached hydrogens (tertiary/aromatic N) is 2. The lowest BCUT2D eigenvalue weighted by atomic mass is 9.95. The molecule has 2 heterocycles. The Kier molecular flexibility index (Phi) is 8.58. The lowest BCUT2D eigenvalue weighted by molar-refractivity contribution is 1.29. The number of benzene rings is 9. The number of hydrogen-bond acceptors (Lipinski definition) is 4. The Morgan fingerprint density at radius 2 is 0.741 bits per heavy atom. The second-order valence-electron chi connectivity index (χ2n) is 14.5. The van der Waals surface area contributed by atoms with E-state index in [-0.39, 0.29) is 0 Å². The van der Waals surface area contributed by atoms with Crippen LogP contribution >= 0.6 is 22.7 Å². The molecule has 0 saturated heterocycles. The molecule has 0 atom stereocenters. The maximum atomic E-state index is 2.41. The summed E-state index contributed by atoms with van der Waals surface area (Å²) in [4.78, 5) is 4.79. The first kappa shape index (κ1) is 34.3. The van der Waals surface area contributed by atoms with Gasteiger partial charge in [0, 0.05) is 69.6 Å². The SMILES string of the molecule is c1ccc(N(c2ccccc2)c2cc(-c3cccc(-c4cc(N(c5ccccc5)c5ccccc5)c5sc6ccccc6c5c4)c3)c3sc4ccccc4c3c2)cc1. The van der Waals surface area contributed by atoms with E-state index in [1.807, 2.05) is 22.7 Å². The van der Waals surface area contributed by atoms with Gasteiger partial charge in [-0.3, -0.25) is 0 Å². The standard InChI is InChI=1S/C54H36N2S2/c1-5-20-40(21-6-1)55(41-22-7-2-8-23-41)44-35-47(53-49(36-44)46-29-14-15-30-51(46)57-53)38-19-17-18-37(32-38)39-33-48-45-28-13-16-31-52(45)58-54(48)50(34-39)56(42-24-9-3-10-25-42)43-26-11-4-12-27-43/h1-36H. The van der Waals surface area contributed by atoms with Crippen molar-refractivity contribution in [1.82, 2.24) is 0 Å². The van der Waals surface area contributed by atoms with Crippen molar-refractivity contribution in [3.8, 4) is 22.3 Å².